The highest BCUT2D eigenvalue weighted by atomic mass is 35.5. The zero-order valence-corrected chi connectivity index (χ0v) is 14.7. The highest BCUT2D eigenvalue weighted by Crippen LogP contribution is 2.16. The summed E-state index contributed by atoms with van der Waals surface area (Å²) in [4.78, 5) is 14.2. The van der Waals surface area contributed by atoms with Crippen LogP contribution in [0.25, 0.3) is 6.08 Å². The van der Waals surface area contributed by atoms with Crippen molar-refractivity contribution in [2.45, 2.75) is 6.54 Å². The van der Waals surface area contributed by atoms with E-state index in [1.54, 1.807) is 18.2 Å². The Balaban J connectivity index is 1.49. The van der Waals surface area contributed by atoms with E-state index < -0.39 is 0 Å². The smallest absolute Gasteiger partial charge is 0.244 e. The van der Waals surface area contributed by atoms with Crippen molar-refractivity contribution in [1.82, 2.24) is 5.32 Å². The molecule has 1 aliphatic heterocycles. The topological polar surface area (TPSA) is 41.6 Å². The molecular formula is C20H21ClN2O2. The maximum absolute atomic E-state index is 11.9. The monoisotopic (exact) mass is 356 g/mol. The van der Waals surface area contributed by atoms with Gasteiger partial charge in [-0.2, -0.15) is 0 Å². The molecule has 2 aromatic carbocycles. The van der Waals surface area contributed by atoms with Crippen molar-refractivity contribution in [2.24, 2.45) is 0 Å². The summed E-state index contributed by atoms with van der Waals surface area (Å²) in [5.41, 5.74) is 3.21. The van der Waals surface area contributed by atoms with Crippen molar-refractivity contribution in [3.05, 3.63) is 70.8 Å². The Morgan fingerprint density at radius 2 is 1.76 bits per heavy atom. The number of carbonyl (C=O) groups is 1. The van der Waals surface area contributed by atoms with Gasteiger partial charge in [0.1, 0.15) is 0 Å². The van der Waals surface area contributed by atoms with Gasteiger partial charge in [-0.05, 0) is 41.5 Å². The molecule has 1 saturated heterocycles. The van der Waals surface area contributed by atoms with Crippen LogP contribution < -0.4 is 10.2 Å². The molecule has 3 rings (SSSR count). The van der Waals surface area contributed by atoms with Crippen molar-refractivity contribution < 1.29 is 9.53 Å². The third kappa shape index (κ3) is 5.34. The SMILES string of the molecule is O=C(/C=C/c1ccc(Cl)cc1)NCc1ccc(N2CCOCC2)cc1. The predicted molar refractivity (Wildman–Crippen MR) is 102 cm³/mol. The Kier molecular flexibility index (Phi) is 6.09. The Bertz CT molecular complexity index is 720. The molecule has 4 nitrogen and oxygen atoms in total. The highest BCUT2D eigenvalue weighted by molar-refractivity contribution is 6.30. The summed E-state index contributed by atoms with van der Waals surface area (Å²) in [6, 6.07) is 15.6. The van der Waals surface area contributed by atoms with Crippen LogP contribution >= 0.6 is 11.6 Å². The van der Waals surface area contributed by atoms with Gasteiger partial charge in [0.15, 0.2) is 0 Å². The summed E-state index contributed by atoms with van der Waals surface area (Å²) in [6.45, 7) is 3.90. The lowest BCUT2D eigenvalue weighted by Gasteiger charge is -2.28. The van der Waals surface area contributed by atoms with Gasteiger partial charge in [0, 0.05) is 36.4 Å². The summed E-state index contributed by atoms with van der Waals surface area (Å²) < 4.78 is 5.37. The zero-order valence-electron chi connectivity index (χ0n) is 14.0. The van der Waals surface area contributed by atoms with E-state index in [2.05, 4.69) is 22.3 Å². The number of benzene rings is 2. The van der Waals surface area contributed by atoms with E-state index in [9.17, 15) is 4.79 Å². The average Bonchev–Trinajstić information content (AvgIpc) is 2.67. The standard InChI is InChI=1S/C20H21ClN2O2/c21-18-6-1-16(2-7-18)5-10-20(24)22-15-17-3-8-19(9-4-17)23-11-13-25-14-12-23/h1-10H,11-15H2,(H,22,24)/b10-5+. The summed E-state index contributed by atoms with van der Waals surface area (Å²) in [5.74, 6) is -0.118. The Morgan fingerprint density at radius 3 is 2.44 bits per heavy atom. The van der Waals surface area contributed by atoms with Crippen molar-refractivity contribution in [3.8, 4) is 0 Å². The molecule has 1 amide bonds. The summed E-state index contributed by atoms with van der Waals surface area (Å²) in [7, 11) is 0. The summed E-state index contributed by atoms with van der Waals surface area (Å²) in [6.07, 6.45) is 3.30. The number of hydrogen-bond donors (Lipinski definition) is 1. The molecule has 0 bridgehead atoms. The van der Waals surface area contributed by atoms with Gasteiger partial charge in [-0.15, -0.1) is 0 Å². The molecule has 1 fully saturated rings. The molecule has 0 radical (unpaired) electrons. The molecule has 1 aliphatic rings. The van der Waals surface area contributed by atoms with Crippen molar-refractivity contribution in [2.75, 3.05) is 31.2 Å². The molecule has 130 valence electrons. The fourth-order valence-electron chi connectivity index (χ4n) is 2.64. The fourth-order valence-corrected chi connectivity index (χ4v) is 2.77. The van der Waals surface area contributed by atoms with Gasteiger partial charge in [-0.1, -0.05) is 35.9 Å². The van der Waals surface area contributed by atoms with Crippen LogP contribution in [0.5, 0.6) is 0 Å². The van der Waals surface area contributed by atoms with Crippen LogP contribution in [-0.2, 0) is 16.1 Å². The largest absolute Gasteiger partial charge is 0.378 e. The van der Waals surface area contributed by atoms with Gasteiger partial charge in [-0.25, -0.2) is 0 Å². The van der Waals surface area contributed by atoms with Gasteiger partial charge in [-0.3, -0.25) is 4.79 Å². The maximum Gasteiger partial charge on any atom is 0.244 e. The van der Waals surface area contributed by atoms with E-state index in [-0.39, 0.29) is 5.91 Å². The number of nitrogens with zero attached hydrogens (tertiary/aromatic N) is 1. The fraction of sp³-hybridized carbons (Fsp3) is 0.250. The number of ether oxygens (including phenoxy) is 1. The summed E-state index contributed by atoms with van der Waals surface area (Å²) >= 11 is 5.84. The van der Waals surface area contributed by atoms with E-state index in [0.717, 1.165) is 37.4 Å². The number of hydrogen-bond acceptors (Lipinski definition) is 3. The van der Waals surface area contributed by atoms with Gasteiger partial charge in [0.05, 0.1) is 13.2 Å². The zero-order chi connectivity index (χ0) is 17.5. The molecular weight excluding hydrogens is 336 g/mol. The number of halogens is 1. The number of nitrogens with one attached hydrogen (secondary N) is 1. The first-order valence-electron chi connectivity index (χ1n) is 8.34. The molecule has 2 aromatic rings. The Morgan fingerprint density at radius 1 is 1.08 bits per heavy atom. The first kappa shape index (κ1) is 17.5. The predicted octanol–water partition coefficient (Wildman–Crippen LogP) is 3.51. The second kappa shape index (κ2) is 8.70. The van der Waals surface area contributed by atoms with E-state index >= 15 is 0 Å². The summed E-state index contributed by atoms with van der Waals surface area (Å²) in [5, 5.41) is 3.58. The first-order valence-corrected chi connectivity index (χ1v) is 8.72. The maximum atomic E-state index is 11.9. The quantitative estimate of drug-likeness (QED) is 0.833. The number of carbonyl (C=O) groups excluding carboxylic acids is 1. The van der Waals surface area contributed by atoms with Crippen LogP contribution in [0.15, 0.2) is 54.6 Å². The average molecular weight is 357 g/mol. The lowest BCUT2D eigenvalue weighted by Crippen LogP contribution is -2.36. The van der Waals surface area contributed by atoms with Crippen LogP contribution in [0.1, 0.15) is 11.1 Å². The van der Waals surface area contributed by atoms with E-state index in [1.165, 1.54) is 11.8 Å². The first-order chi connectivity index (χ1) is 12.2. The minimum absolute atomic E-state index is 0.118. The van der Waals surface area contributed by atoms with Gasteiger partial charge < -0.3 is 15.0 Å². The second-order valence-corrected chi connectivity index (χ2v) is 6.30. The highest BCUT2D eigenvalue weighted by Gasteiger charge is 2.10. The van der Waals surface area contributed by atoms with Crippen molar-refractivity contribution in [3.63, 3.8) is 0 Å². The normalized spacial score (nSPS) is 14.7. The number of morpholine rings is 1. The van der Waals surface area contributed by atoms with Gasteiger partial charge >= 0.3 is 0 Å². The van der Waals surface area contributed by atoms with Gasteiger partial charge in [0.2, 0.25) is 5.91 Å². The lowest BCUT2D eigenvalue weighted by atomic mass is 10.2. The minimum atomic E-state index is -0.118. The van der Waals surface area contributed by atoms with Crippen LogP contribution in [0.3, 0.4) is 0 Å². The molecule has 25 heavy (non-hydrogen) atoms. The minimum Gasteiger partial charge on any atom is -0.378 e. The molecule has 0 saturated carbocycles. The van der Waals surface area contributed by atoms with Crippen LogP contribution in [0.4, 0.5) is 5.69 Å². The molecule has 0 atom stereocenters. The molecule has 0 aromatic heterocycles. The van der Waals surface area contributed by atoms with Crippen molar-refractivity contribution in [1.29, 1.82) is 0 Å². The van der Waals surface area contributed by atoms with Crippen LogP contribution in [-0.4, -0.2) is 32.2 Å². The van der Waals surface area contributed by atoms with Crippen LogP contribution in [0, 0.1) is 0 Å². The Labute approximate surface area is 153 Å². The van der Waals surface area contributed by atoms with E-state index in [4.69, 9.17) is 16.3 Å². The van der Waals surface area contributed by atoms with Gasteiger partial charge in [0.25, 0.3) is 0 Å². The van der Waals surface area contributed by atoms with Crippen molar-refractivity contribution >= 4 is 29.3 Å². The Hall–Kier alpha value is -2.30. The van der Waals surface area contributed by atoms with E-state index in [0.29, 0.717) is 11.6 Å². The molecule has 1 N–H and O–H groups in total. The molecule has 0 unspecified atom stereocenters. The second-order valence-electron chi connectivity index (χ2n) is 5.87. The third-order valence-electron chi connectivity index (χ3n) is 4.08. The molecule has 0 aliphatic carbocycles. The molecule has 5 heteroatoms. The molecule has 1 heterocycles. The lowest BCUT2D eigenvalue weighted by molar-refractivity contribution is -0.116. The number of amides is 1. The van der Waals surface area contributed by atoms with Crippen LogP contribution in [0.2, 0.25) is 5.02 Å². The van der Waals surface area contributed by atoms with E-state index in [1.807, 2.05) is 24.3 Å². The molecule has 0 spiro atoms. The third-order valence-corrected chi connectivity index (χ3v) is 4.33. The number of anilines is 1. The number of rotatable bonds is 5.